The van der Waals surface area contributed by atoms with Gasteiger partial charge < -0.3 is 0 Å². The highest BCUT2D eigenvalue weighted by Crippen LogP contribution is 2.22. The zero-order valence-electron chi connectivity index (χ0n) is 4.57. The molecule has 3 nitrogen and oxygen atoms in total. The van der Waals surface area contributed by atoms with Crippen molar-refractivity contribution in [3.63, 3.8) is 0 Å². The predicted molar refractivity (Wildman–Crippen MR) is 33.0 cm³/mol. The van der Waals surface area contributed by atoms with E-state index in [1.54, 1.807) is 12.3 Å². The molecule has 0 N–H and O–H groups in total. The highest BCUT2D eigenvalue weighted by atomic mass is 15.1. The van der Waals surface area contributed by atoms with Gasteiger partial charge in [0.15, 0.2) is 5.82 Å². The maximum atomic E-state index is 3.94. The van der Waals surface area contributed by atoms with Crippen molar-refractivity contribution >= 4 is 17.8 Å². The number of nitrogens with zero attached hydrogens (tertiary/aromatic N) is 3. The van der Waals surface area contributed by atoms with E-state index in [-0.39, 0.29) is 0 Å². The Balaban J connectivity index is 2.63. The lowest BCUT2D eigenvalue weighted by molar-refractivity contribution is 1.26. The summed E-state index contributed by atoms with van der Waals surface area (Å²) in [5.41, 5.74) is 0.734. The minimum atomic E-state index is 0.664. The molecule has 0 saturated carbocycles. The van der Waals surface area contributed by atoms with E-state index in [1.807, 2.05) is 0 Å². The molecule has 1 aromatic rings. The minimum absolute atomic E-state index is 0.664. The van der Waals surface area contributed by atoms with Crippen LogP contribution in [0.25, 0.3) is 0 Å². The summed E-state index contributed by atoms with van der Waals surface area (Å²) in [6.07, 6.45) is 3.13. The molecule has 2 radical (unpaired) electrons. The van der Waals surface area contributed by atoms with Crippen molar-refractivity contribution in [2.45, 2.75) is 0 Å². The number of hydrogen-bond acceptors (Lipinski definition) is 2. The number of rotatable bonds is 0. The van der Waals surface area contributed by atoms with Crippen LogP contribution in [0.5, 0.6) is 0 Å². The van der Waals surface area contributed by atoms with Crippen LogP contribution in [0.2, 0.25) is 0 Å². The summed E-state index contributed by atoms with van der Waals surface area (Å²) >= 11 is 0. The first kappa shape index (κ1) is 4.49. The molecule has 3 heteroatoms. The van der Waals surface area contributed by atoms with Gasteiger partial charge in [-0.2, -0.15) is 0 Å². The Labute approximate surface area is 52.5 Å². The van der Waals surface area contributed by atoms with Gasteiger partial charge in [-0.3, -0.25) is 0 Å². The Hall–Kier alpha value is -1.38. The van der Waals surface area contributed by atoms with Crippen molar-refractivity contribution in [3.8, 4) is 0 Å². The van der Waals surface area contributed by atoms with Crippen LogP contribution in [0, 0.1) is 6.07 Å². The summed E-state index contributed by atoms with van der Waals surface area (Å²) in [6.45, 7) is 0. The van der Waals surface area contributed by atoms with Crippen LogP contribution in [-0.4, -0.2) is 11.3 Å². The lowest BCUT2D eigenvalue weighted by Gasteiger charge is -1.88. The zero-order chi connectivity index (χ0) is 6.10. The van der Waals surface area contributed by atoms with Crippen molar-refractivity contribution in [2.24, 2.45) is 4.99 Å². The molecule has 0 aromatic carbocycles. The number of aliphatic imine (C=N–C) groups is 1. The minimum Gasteiger partial charge on any atom is -0.235 e. The first-order valence-corrected chi connectivity index (χ1v) is 2.57. The molecule has 1 aliphatic rings. The molecule has 42 valence electrons. The van der Waals surface area contributed by atoms with Gasteiger partial charge in [-0.15, -0.1) is 0 Å². The number of fused-ring (bicyclic) bond motifs is 1. The second-order valence-corrected chi connectivity index (χ2v) is 1.64. The van der Waals surface area contributed by atoms with E-state index in [0.717, 1.165) is 5.69 Å². The lowest BCUT2D eigenvalue weighted by atomic mass is 10.4. The van der Waals surface area contributed by atoms with E-state index in [1.165, 1.54) is 6.34 Å². The molecule has 0 amide bonds. The average molecular weight is 117 g/mol. The summed E-state index contributed by atoms with van der Waals surface area (Å²) < 4.78 is 0. The quantitative estimate of drug-likeness (QED) is 0.495. The zero-order valence-corrected chi connectivity index (χ0v) is 4.57. The van der Waals surface area contributed by atoms with Gasteiger partial charge in [0.05, 0.1) is 0 Å². The second-order valence-electron chi connectivity index (χ2n) is 1.64. The molecule has 0 spiro atoms. The monoisotopic (exact) mass is 117 g/mol. The van der Waals surface area contributed by atoms with Crippen molar-refractivity contribution in [1.82, 2.24) is 10.3 Å². The topological polar surface area (TPSA) is 39.4 Å². The third kappa shape index (κ3) is 0.579. The van der Waals surface area contributed by atoms with Gasteiger partial charge in [0.25, 0.3) is 0 Å². The molecule has 1 aliphatic heterocycles. The molecule has 2 heterocycles. The Bertz CT molecular complexity index is 254. The largest absolute Gasteiger partial charge is 0.235 e. The molecule has 0 saturated heterocycles. The fraction of sp³-hybridized carbons (Fsp3) is 0. The molecule has 0 bridgehead atoms. The van der Waals surface area contributed by atoms with Crippen molar-refractivity contribution in [3.05, 3.63) is 18.3 Å². The molecule has 1 aromatic heterocycles. The van der Waals surface area contributed by atoms with Gasteiger partial charge in [0, 0.05) is 12.3 Å². The van der Waals surface area contributed by atoms with Crippen molar-refractivity contribution in [1.29, 1.82) is 0 Å². The molecule has 2 rings (SSSR count). The molecule has 0 aliphatic carbocycles. The summed E-state index contributed by atoms with van der Waals surface area (Å²) in [5.74, 6) is 0.664. The van der Waals surface area contributed by atoms with Crippen LogP contribution in [-0.2, 0) is 0 Å². The van der Waals surface area contributed by atoms with Crippen molar-refractivity contribution in [2.75, 3.05) is 0 Å². The van der Waals surface area contributed by atoms with E-state index >= 15 is 0 Å². The number of hydrogen-bond donors (Lipinski definition) is 0. The van der Waals surface area contributed by atoms with E-state index in [9.17, 15) is 0 Å². The molecular formula is C6H3N3. The van der Waals surface area contributed by atoms with E-state index in [4.69, 9.17) is 0 Å². The van der Waals surface area contributed by atoms with Crippen LogP contribution in [0.4, 0.5) is 11.5 Å². The van der Waals surface area contributed by atoms with E-state index in [2.05, 4.69) is 21.4 Å². The van der Waals surface area contributed by atoms with Gasteiger partial charge >= 0.3 is 0 Å². The Morgan fingerprint density at radius 1 is 1.44 bits per heavy atom. The predicted octanol–water partition coefficient (Wildman–Crippen LogP) is 0.791. The summed E-state index contributed by atoms with van der Waals surface area (Å²) in [7, 11) is 0. The number of pyridine rings is 1. The van der Waals surface area contributed by atoms with Gasteiger partial charge in [0.1, 0.15) is 12.0 Å². The standard InChI is InChI=1S/C6H3N3/c1-2-5-6(7-3-1)9-4-8-5/h1,3-4H. The first-order valence-electron chi connectivity index (χ1n) is 2.57. The van der Waals surface area contributed by atoms with Crippen LogP contribution in [0.3, 0.4) is 0 Å². The smallest absolute Gasteiger partial charge is 0.180 e. The highest BCUT2D eigenvalue weighted by molar-refractivity contribution is 5.78. The number of aromatic nitrogens is 1. The van der Waals surface area contributed by atoms with Gasteiger partial charge in [-0.25, -0.2) is 15.3 Å². The van der Waals surface area contributed by atoms with Gasteiger partial charge in [0.2, 0.25) is 0 Å². The SMILES string of the molecule is [c]1ccnc2c1[N]C=N2. The normalized spacial score (nSPS) is 12.9. The fourth-order valence-corrected chi connectivity index (χ4v) is 0.681. The van der Waals surface area contributed by atoms with Gasteiger partial charge in [-0.1, -0.05) is 0 Å². The van der Waals surface area contributed by atoms with E-state index < -0.39 is 0 Å². The third-order valence-corrected chi connectivity index (χ3v) is 1.07. The first-order chi connectivity index (χ1) is 4.47. The summed E-state index contributed by atoms with van der Waals surface area (Å²) in [6, 6.07) is 4.61. The summed E-state index contributed by atoms with van der Waals surface area (Å²) in [5, 5.41) is 3.89. The molecule has 0 atom stereocenters. The third-order valence-electron chi connectivity index (χ3n) is 1.07. The van der Waals surface area contributed by atoms with Gasteiger partial charge in [-0.05, 0) is 6.07 Å². The Morgan fingerprint density at radius 3 is 3.33 bits per heavy atom. The molecule has 0 fully saturated rings. The van der Waals surface area contributed by atoms with Crippen molar-refractivity contribution < 1.29 is 0 Å². The maximum absolute atomic E-state index is 3.94. The highest BCUT2D eigenvalue weighted by Gasteiger charge is 2.05. The fourth-order valence-electron chi connectivity index (χ4n) is 0.681. The average Bonchev–Trinajstić information content (AvgIpc) is 2.33. The molecule has 9 heavy (non-hydrogen) atoms. The van der Waals surface area contributed by atoms with Crippen LogP contribution in [0.15, 0.2) is 17.3 Å². The summed E-state index contributed by atoms with van der Waals surface area (Å²) in [4.78, 5) is 7.80. The van der Waals surface area contributed by atoms with Crippen LogP contribution >= 0.6 is 0 Å². The van der Waals surface area contributed by atoms with Crippen LogP contribution in [0.1, 0.15) is 0 Å². The van der Waals surface area contributed by atoms with E-state index in [0.29, 0.717) is 5.82 Å². The Kier molecular flexibility index (Phi) is 0.773. The molecular weight excluding hydrogens is 114 g/mol. The Morgan fingerprint density at radius 2 is 2.44 bits per heavy atom. The molecule has 0 unspecified atom stereocenters. The second kappa shape index (κ2) is 1.55. The lowest BCUT2D eigenvalue weighted by Crippen LogP contribution is -1.84. The van der Waals surface area contributed by atoms with Crippen LogP contribution < -0.4 is 5.32 Å². The maximum Gasteiger partial charge on any atom is 0.180 e.